The molecule has 2 aromatic carbocycles. The summed E-state index contributed by atoms with van der Waals surface area (Å²) in [6, 6.07) is 9.32. The molecule has 8 heteroatoms. The van der Waals surface area contributed by atoms with Crippen LogP contribution in [0.25, 0.3) is 0 Å². The van der Waals surface area contributed by atoms with E-state index in [0.717, 1.165) is 30.6 Å². The van der Waals surface area contributed by atoms with Crippen LogP contribution in [0.4, 0.5) is 18.9 Å². The van der Waals surface area contributed by atoms with Gasteiger partial charge in [-0.25, -0.2) is 0 Å². The molecule has 27 heavy (non-hydrogen) atoms. The third-order valence-electron chi connectivity index (χ3n) is 4.89. The van der Waals surface area contributed by atoms with Gasteiger partial charge in [-0.3, -0.25) is 0 Å². The van der Waals surface area contributed by atoms with E-state index in [1.54, 1.807) is 6.07 Å². The second kappa shape index (κ2) is 6.60. The highest BCUT2D eigenvalue weighted by Crippen LogP contribution is 2.49. The highest BCUT2D eigenvalue weighted by atomic mass is 35.5. The van der Waals surface area contributed by atoms with Crippen molar-refractivity contribution in [1.82, 2.24) is 0 Å². The van der Waals surface area contributed by atoms with Crippen LogP contribution in [0.2, 0.25) is 10.0 Å². The van der Waals surface area contributed by atoms with Gasteiger partial charge in [0.2, 0.25) is 0 Å². The topological polar surface area (TPSA) is 33.6 Å². The molecule has 0 saturated carbocycles. The lowest BCUT2D eigenvalue weighted by Gasteiger charge is -2.29. The predicted molar refractivity (Wildman–Crippen MR) is 99.7 cm³/mol. The van der Waals surface area contributed by atoms with Crippen LogP contribution in [-0.4, -0.2) is 18.4 Å². The number of fused-ring (bicyclic) bond motifs is 1. The molecule has 0 aliphatic carbocycles. The lowest BCUT2D eigenvalue weighted by Crippen LogP contribution is -2.42. The first-order valence-corrected chi connectivity index (χ1v) is 9.20. The third kappa shape index (κ3) is 3.25. The molecule has 3 nitrogen and oxygen atoms in total. The Morgan fingerprint density at radius 1 is 1.07 bits per heavy atom. The van der Waals surface area contributed by atoms with Gasteiger partial charge in [-0.2, -0.15) is 13.2 Å². The minimum Gasteiger partial charge on any atom is -0.385 e. The van der Waals surface area contributed by atoms with Crippen LogP contribution < -0.4 is 5.32 Å². The summed E-state index contributed by atoms with van der Waals surface area (Å²) in [4.78, 5) is 5.04. The molecule has 0 amide bonds. The molecule has 2 aromatic rings. The summed E-state index contributed by atoms with van der Waals surface area (Å²) in [5, 5.41) is 7.30. The standard InChI is InChI=1S/C19H15Cl2F3N2O/c20-14-7-13(8-15(21)9-14)18(19(22,23)24)10-17(26-27-18)12-3-4-16-11(6-12)2-1-5-25-16/h3-4,6-9,25H,1-2,5,10H2. The zero-order chi connectivity index (χ0) is 19.2. The number of rotatable bonds is 2. The molecule has 2 aliphatic rings. The van der Waals surface area contributed by atoms with Gasteiger partial charge in [0.25, 0.3) is 5.60 Å². The molecule has 0 fully saturated rings. The largest absolute Gasteiger partial charge is 0.435 e. The maximum Gasteiger partial charge on any atom is 0.435 e. The number of nitrogens with one attached hydrogen (secondary N) is 1. The maximum atomic E-state index is 14.0. The first kappa shape index (κ1) is 18.4. The average Bonchev–Trinajstić information content (AvgIpc) is 3.07. The molecule has 0 bridgehead atoms. The second-order valence-corrected chi connectivity index (χ2v) is 7.56. The molecule has 142 valence electrons. The van der Waals surface area contributed by atoms with Crippen LogP contribution in [0.1, 0.15) is 29.5 Å². The van der Waals surface area contributed by atoms with Crippen LogP contribution in [0.3, 0.4) is 0 Å². The van der Waals surface area contributed by atoms with Gasteiger partial charge >= 0.3 is 6.18 Å². The van der Waals surface area contributed by atoms with Crippen molar-refractivity contribution in [2.75, 3.05) is 11.9 Å². The van der Waals surface area contributed by atoms with Crippen molar-refractivity contribution in [1.29, 1.82) is 0 Å². The summed E-state index contributed by atoms with van der Waals surface area (Å²) in [6.07, 6.45) is -3.28. The summed E-state index contributed by atoms with van der Waals surface area (Å²) < 4.78 is 42.1. The molecule has 1 unspecified atom stereocenters. The number of oxime groups is 1. The average molecular weight is 415 g/mol. The van der Waals surface area contributed by atoms with E-state index < -0.39 is 18.2 Å². The lowest BCUT2D eigenvalue weighted by atomic mass is 9.86. The van der Waals surface area contributed by atoms with E-state index >= 15 is 0 Å². The van der Waals surface area contributed by atoms with Gasteiger partial charge in [0.15, 0.2) is 0 Å². The highest BCUT2D eigenvalue weighted by molar-refractivity contribution is 6.34. The van der Waals surface area contributed by atoms with Crippen molar-refractivity contribution in [2.45, 2.75) is 31.0 Å². The number of halogens is 5. The second-order valence-electron chi connectivity index (χ2n) is 6.69. The van der Waals surface area contributed by atoms with Crippen molar-refractivity contribution in [3.63, 3.8) is 0 Å². The number of benzene rings is 2. The van der Waals surface area contributed by atoms with Gasteiger partial charge in [0, 0.05) is 34.3 Å². The Balaban J connectivity index is 1.72. The Bertz CT molecular complexity index is 909. The zero-order valence-corrected chi connectivity index (χ0v) is 15.5. The molecular formula is C19H15Cl2F3N2O. The Morgan fingerprint density at radius 2 is 1.81 bits per heavy atom. The quantitative estimate of drug-likeness (QED) is 0.659. The first-order chi connectivity index (χ1) is 12.8. The van der Waals surface area contributed by atoms with Crippen molar-refractivity contribution < 1.29 is 18.0 Å². The van der Waals surface area contributed by atoms with E-state index in [-0.39, 0.29) is 21.3 Å². The normalized spacial score (nSPS) is 21.9. The number of hydrogen-bond acceptors (Lipinski definition) is 3. The molecule has 4 rings (SSSR count). The number of aryl methyl sites for hydroxylation is 1. The summed E-state index contributed by atoms with van der Waals surface area (Å²) in [5.41, 5.74) is 0.176. The highest BCUT2D eigenvalue weighted by Gasteiger charge is 2.62. The van der Waals surface area contributed by atoms with Gasteiger partial charge in [-0.1, -0.05) is 34.4 Å². The molecule has 0 spiro atoms. The van der Waals surface area contributed by atoms with Crippen molar-refractivity contribution in [2.24, 2.45) is 5.16 Å². The fraction of sp³-hybridized carbons (Fsp3) is 0.316. The minimum absolute atomic E-state index is 0.109. The SMILES string of the molecule is FC(F)(F)C1(c2cc(Cl)cc(Cl)c2)CC(c2ccc3c(c2)CCCN3)=NO1. The van der Waals surface area contributed by atoms with Crippen LogP contribution in [0.5, 0.6) is 0 Å². The van der Waals surface area contributed by atoms with E-state index in [4.69, 9.17) is 28.0 Å². The number of nitrogens with zero attached hydrogens (tertiary/aromatic N) is 1. The molecule has 2 heterocycles. The molecule has 2 aliphatic heterocycles. The Hall–Kier alpha value is -1.92. The maximum absolute atomic E-state index is 14.0. The molecule has 0 radical (unpaired) electrons. The zero-order valence-electron chi connectivity index (χ0n) is 14.0. The fourth-order valence-electron chi connectivity index (χ4n) is 3.50. The third-order valence-corrected chi connectivity index (χ3v) is 5.33. The number of anilines is 1. The van der Waals surface area contributed by atoms with Gasteiger partial charge < -0.3 is 10.2 Å². The summed E-state index contributed by atoms with van der Waals surface area (Å²) in [7, 11) is 0. The van der Waals surface area contributed by atoms with Gasteiger partial charge in [0.05, 0.1) is 5.71 Å². The molecule has 1 N–H and O–H groups in total. The van der Waals surface area contributed by atoms with E-state index in [9.17, 15) is 13.2 Å². The van der Waals surface area contributed by atoms with Crippen LogP contribution in [0.15, 0.2) is 41.6 Å². The smallest absolute Gasteiger partial charge is 0.385 e. The Kier molecular flexibility index (Phi) is 4.51. The molecule has 1 atom stereocenters. The summed E-state index contributed by atoms with van der Waals surface area (Å²) >= 11 is 11.8. The first-order valence-electron chi connectivity index (χ1n) is 8.44. The van der Waals surface area contributed by atoms with E-state index in [1.165, 1.54) is 18.2 Å². The van der Waals surface area contributed by atoms with E-state index in [2.05, 4.69) is 10.5 Å². The monoisotopic (exact) mass is 414 g/mol. The molecular weight excluding hydrogens is 400 g/mol. The van der Waals surface area contributed by atoms with Crippen LogP contribution in [-0.2, 0) is 16.9 Å². The summed E-state index contributed by atoms with van der Waals surface area (Å²) in [6.45, 7) is 0.892. The van der Waals surface area contributed by atoms with Gasteiger partial charge in [-0.15, -0.1) is 0 Å². The fourth-order valence-corrected chi connectivity index (χ4v) is 4.03. The van der Waals surface area contributed by atoms with Crippen LogP contribution in [0, 0.1) is 0 Å². The predicted octanol–water partition coefficient (Wildman–Crippen LogP) is 5.93. The number of hydrogen-bond donors (Lipinski definition) is 1. The summed E-state index contributed by atoms with van der Waals surface area (Å²) in [5.74, 6) is 0. The lowest BCUT2D eigenvalue weighted by molar-refractivity contribution is -0.275. The van der Waals surface area contributed by atoms with E-state index in [1.807, 2.05) is 12.1 Å². The van der Waals surface area contributed by atoms with E-state index in [0.29, 0.717) is 5.56 Å². The number of alkyl halides is 3. The van der Waals surface area contributed by atoms with Crippen molar-refractivity contribution >= 4 is 34.6 Å². The van der Waals surface area contributed by atoms with Gasteiger partial charge in [0.1, 0.15) is 0 Å². The minimum atomic E-state index is -4.69. The Morgan fingerprint density at radius 3 is 2.52 bits per heavy atom. The molecule has 0 aromatic heterocycles. The Labute approximate surface area is 164 Å². The molecule has 0 saturated heterocycles. The van der Waals surface area contributed by atoms with Crippen LogP contribution >= 0.6 is 23.2 Å². The van der Waals surface area contributed by atoms with Crippen molar-refractivity contribution in [3.05, 3.63) is 63.1 Å². The van der Waals surface area contributed by atoms with Crippen molar-refractivity contribution in [3.8, 4) is 0 Å². The van der Waals surface area contributed by atoms with Gasteiger partial charge in [-0.05, 0) is 54.3 Å².